The van der Waals surface area contributed by atoms with Crippen molar-refractivity contribution in [1.29, 1.82) is 0 Å². The third-order valence-electron chi connectivity index (χ3n) is 4.80. The molecular formula is C20H18N4S. The van der Waals surface area contributed by atoms with Crippen molar-refractivity contribution in [3.05, 3.63) is 65.4 Å². The van der Waals surface area contributed by atoms with E-state index in [1.54, 1.807) is 11.3 Å². The van der Waals surface area contributed by atoms with Crippen LogP contribution in [-0.4, -0.2) is 27.6 Å². The standard InChI is InChI=1S/C20H18N4S/c1-3-17-20(25-13-23-17)9-14(1)11-24-12-22-18-10-16(2-4-19(18)24)15-5-7-21-8-6-15/h1-5,9-10,12-13,21H,6-8,11H2. The molecule has 25 heavy (non-hydrogen) atoms. The van der Waals surface area contributed by atoms with Crippen LogP contribution in [0.25, 0.3) is 26.8 Å². The summed E-state index contributed by atoms with van der Waals surface area (Å²) in [4.78, 5) is 8.98. The fourth-order valence-electron chi connectivity index (χ4n) is 3.47. The van der Waals surface area contributed by atoms with Crippen molar-refractivity contribution in [2.45, 2.75) is 13.0 Å². The highest BCUT2D eigenvalue weighted by Gasteiger charge is 2.09. The second-order valence-corrected chi connectivity index (χ2v) is 7.30. The van der Waals surface area contributed by atoms with Crippen molar-refractivity contribution in [3.63, 3.8) is 0 Å². The number of hydrogen-bond acceptors (Lipinski definition) is 4. The Morgan fingerprint density at radius 2 is 2.08 bits per heavy atom. The molecule has 1 aliphatic rings. The third-order valence-corrected chi connectivity index (χ3v) is 5.60. The van der Waals surface area contributed by atoms with Gasteiger partial charge in [-0.1, -0.05) is 18.2 Å². The molecule has 0 unspecified atom stereocenters. The van der Waals surface area contributed by atoms with Crippen molar-refractivity contribution in [2.24, 2.45) is 0 Å². The van der Waals surface area contributed by atoms with Gasteiger partial charge in [0.25, 0.3) is 0 Å². The summed E-state index contributed by atoms with van der Waals surface area (Å²) in [6, 6.07) is 13.1. The molecule has 0 fully saturated rings. The minimum atomic E-state index is 0.830. The maximum atomic E-state index is 4.63. The number of imidazole rings is 1. The number of thiazole rings is 1. The van der Waals surface area contributed by atoms with E-state index in [1.807, 2.05) is 11.8 Å². The van der Waals surface area contributed by atoms with Crippen molar-refractivity contribution in [1.82, 2.24) is 19.9 Å². The fraction of sp³-hybridized carbons (Fsp3) is 0.200. The number of nitrogens with one attached hydrogen (secondary N) is 1. The van der Waals surface area contributed by atoms with E-state index in [0.717, 1.165) is 37.1 Å². The van der Waals surface area contributed by atoms with Gasteiger partial charge in [-0.05, 0) is 53.9 Å². The van der Waals surface area contributed by atoms with Gasteiger partial charge in [-0.25, -0.2) is 9.97 Å². The van der Waals surface area contributed by atoms with Crippen LogP contribution in [0.1, 0.15) is 17.5 Å². The second kappa shape index (κ2) is 6.10. The molecule has 1 N–H and O–H groups in total. The van der Waals surface area contributed by atoms with Crippen LogP contribution in [0.15, 0.2) is 54.3 Å². The van der Waals surface area contributed by atoms with E-state index >= 15 is 0 Å². The van der Waals surface area contributed by atoms with Gasteiger partial charge in [0.1, 0.15) is 0 Å². The first kappa shape index (κ1) is 14.8. The molecule has 2 aromatic carbocycles. The molecule has 0 bridgehead atoms. The number of aromatic nitrogens is 3. The maximum Gasteiger partial charge on any atom is 0.0961 e. The molecule has 5 heteroatoms. The van der Waals surface area contributed by atoms with E-state index in [1.165, 1.54) is 26.9 Å². The zero-order chi connectivity index (χ0) is 16.6. The Kier molecular flexibility index (Phi) is 3.61. The molecule has 4 nitrogen and oxygen atoms in total. The first-order chi connectivity index (χ1) is 12.4. The van der Waals surface area contributed by atoms with Crippen LogP contribution in [0.3, 0.4) is 0 Å². The summed E-state index contributed by atoms with van der Waals surface area (Å²) in [6.07, 6.45) is 5.31. The van der Waals surface area contributed by atoms with Crippen LogP contribution in [0.5, 0.6) is 0 Å². The average molecular weight is 346 g/mol. The molecule has 0 spiro atoms. The zero-order valence-electron chi connectivity index (χ0n) is 13.8. The monoisotopic (exact) mass is 346 g/mol. The Hall–Kier alpha value is -2.50. The van der Waals surface area contributed by atoms with E-state index in [-0.39, 0.29) is 0 Å². The lowest BCUT2D eigenvalue weighted by atomic mass is 10.00. The van der Waals surface area contributed by atoms with Crippen LogP contribution in [0.2, 0.25) is 0 Å². The Labute approximate surface area is 149 Å². The van der Waals surface area contributed by atoms with Crippen molar-refractivity contribution in [2.75, 3.05) is 13.1 Å². The maximum absolute atomic E-state index is 4.63. The molecular weight excluding hydrogens is 328 g/mol. The summed E-state index contributed by atoms with van der Waals surface area (Å²) < 4.78 is 3.46. The predicted octanol–water partition coefficient (Wildman–Crippen LogP) is 4.07. The van der Waals surface area contributed by atoms with Gasteiger partial charge < -0.3 is 9.88 Å². The van der Waals surface area contributed by atoms with Gasteiger partial charge in [0.15, 0.2) is 0 Å². The molecule has 124 valence electrons. The molecule has 0 aliphatic carbocycles. The largest absolute Gasteiger partial charge is 0.326 e. The molecule has 2 aromatic heterocycles. The summed E-state index contributed by atoms with van der Waals surface area (Å²) in [5, 5.41) is 3.36. The van der Waals surface area contributed by atoms with Gasteiger partial charge in [0.05, 0.1) is 33.1 Å². The van der Waals surface area contributed by atoms with Gasteiger partial charge in [0.2, 0.25) is 0 Å². The third kappa shape index (κ3) is 2.75. The van der Waals surface area contributed by atoms with Crippen LogP contribution in [0, 0.1) is 0 Å². The van der Waals surface area contributed by atoms with E-state index in [9.17, 15) is 0 Å². The highest BCUT2D eigenvalue weighted by Crippen LogP contribution is 2.25. The van der Waals surface area contributed by atoms with Gasteiger partial charge >= 0.3 is 0 Å². The van der Waals surface area contributed by atoms with Crippen LogP contribution in [0.4, 0.5) is 0 Å². The van der Waals surface area contributed by atoms with Crippen LogP contribution >= 0.6 is 11.3 Å². The molecule has 4 aromatic rings. The number of nitrogens with zero attached hydrogens (tertiary/aromatic N) is 3. The minimum Gasteiger partial charge on any atom is -0.326 e. The lowest BCUT2D eigenvalue weighted by molar-refractivity contribution is 0.738. The van der Waals surface area contributed by atoms with Gasteiger partial charge in [-0.2, -0.15) is 0 Å². The summed E-state index contributed by atoms with van der Waals surface area (Å²) in [6.45, 7) is 2.84. The predicted molar refractivity (Wildman–Crippen MR) is 104 cm³/mol. The van der Waals surface area contributed by atoms with E-state index in [4.69, 9.17) is 0 Å². The average Bonchev–Trinajstić information content (AvgIpc) is 3.29. The Morgan fingerprint density at radius 3 is 3.00 bits per heavy atom. The Morgan fingerprint density at radius 1 is 1.08 bits per heavy atom. The van der Waals surface area contributed by atoms with Gasteiger partial charge in [-0.3, -0.25) is 0 Å². The van der Waals surface area contributed by atoms with Gasteiger partial charge in [0, 0.05) is 13.1 Å². The minimum absolute atomic E-state index is 0.830. The normalized spacial score (nSPS) is 15.0. The van der Waals surface area contributed by atoms with Crippen LogP contribution < -0.4 is 5.32 Å². The molecule has 3 heterocycles. The molecule has 0 radical (unpaired) electrons. The number of fused-ring (bicyclic) bond motifs is 2. The summed E-state index contributed by atoms with van der Waals surface area (Å²) in [7, 11) is 0. The molecule has 0 amide bonds. The number of benzene rings is 2. The molecule has 0 saturated carbocycles. The SMILES string of the molecule is C1=C(c2ccc3c(c2)ncn3Cc2ccc3ncsc3c2)CCNC1. The lowest BCUT2D eigenvalue weighted by Crippen LogP contribution is -2.19. The molecule has 1 aliphatic heterocycles. The fourth-order valence-corrected chi connectivity index (χ4v) is 4.21. The summed E-state index contributed by atoms with van der Waals surface area (Å²) in [5.74, 6) is 0. The lowest BCUT2D eigenvalue weighted by Gasteiger charge is -2.14. The van der Waals surface area contributed by atoms with Crippen molar-refractivity contribution >= 4 is 38.2 Å². The summed E-state index contributed by atoms with van der Waals surface area (Å²) in [5.41, 5.74) is 9.22. The van der Waals surface area contributed by atoms with E-state index < -0.39 is 0 Å². The van der Waals surface area contributed by atoms with Crippen molar-refractivity contribution < 1.29 is 0 Å². The van der Waals surface area contributed by atoms with E-state index in [0.29, 0.717) is 0 Å². The Bertz CT molecular complexity index is 1090. The second-order valence-electron chi connectivity index (χ2n) is 6.41. The molecule has 0 saturated heterocycles. The first-order valence-corrected chi connectivity index (χ1v) is 9.42. The van der Waals surface area contributed by atoms with Gasteiger partial charge in [-0.15, -0.1) is 11.3 Å². The van der Waals surface area contributed by atoms with E-state index in [2.05, 4.69) is 62.3 Å². The molecule has 0 atom stereocenters. The van der Waals surface area contributed by atoms with Crippen LogP contribution in [-0.2, 0) is 6.54 Å². The number of rotatable bonds is 3. The highest BCUT2D eigenvalue weighted by atomic mass is 32.1. The smallest absolute Gasteiger partial charge is 0.0961 e. The summed E-state index contributed by atoms with van der Waals surface area (Å²) >= 11 is 1.69. The Balaban J connectivity index is 1.48. The zero-order valence-corrected chi connectivity index (χ0v) is 14.6. The number of hydrogen-bond donors (Lipinski definition) is 1. The van der Waals surface area contributed by atoms with Crippen molar-refractivity contribution in [3.8, 4) is 0 Å². The first-order valence-electron chi connectivity index (χ1n) is 8.54. The topological polar surface area (TPSA) is 42.7 Å². The quantitative estimate of drug-likeness (QED) is 0.608. The molecule has 5 rings (SSSR count). The highest BCUT2D eigenvalue weighted by molar-refractivity contribution is 7.16.